The fraction of sp³-hybridized carbons (Fsp3) is 0.200. The van der Waals surface area contributed by atoms with Crippen molar-refractivity contribution >= 4 is 10.8 Å². The lowest BCUT2D eigenvalue weighted by Gasteiger charge is -2.13. The van der Waals surface area contributed by atoms with Crippen LogP contribution in [0.1, 0.15) is 11.6 Å². The second-order valence-electron chi connectivity index (χ2n) is 4.18. The van der Waals surface area contributed by atoms with Crippen molar-refractivity contribution in [3.05, 3.63) is 60.2 Å². The van der Waals surface area contributed by atoms with Gasteiger partial charge in [0.2, 0.25) is 0 Å². The number of rotatable bonds is 5. The molecular weight excluding hydrogens is 258 g/mol. The highest BCUT2D eigenvalue weighted by atomic mass is 32.2. The Labute approximate surface area is 115 Å². The van der Waals surface area contributed by atoms with Crippen LogP contribution >= 0.6 is 0 Å². The molecule has 2 N–H and O–H groups in total. The Morgan fingerprint density at radius 3 is 2.42 bits per heavy atom. The highest BCUT2D eigenvalue weighted by Gasteiger charge is 2.15. The molecule has 0 spiro atoms. The maximum Gasteiger partial charge on any atom is 0.134 e. The summed E-state index contributed by atoms with van der Waals surface area (Å²) < 4.78 is 17.6. The number of benzene rings is 2. The van der Waals surface area contributed by atoms with E-state index in [1.165, 1.54) is 0 Å². The zero-order chi connectivity index (χ0) is 13.7. The Balaban J connectivity index is 2.13. The number of para-hydroxylation sites is 1. The van der Waals surface area contributed by atoms with Crippen molar-refractivity contribution in [2.24, 2.45) is 5.73 Å². The van der Waals surface area contributed by atoms with Crippen LogP contribution in [0.2, 0.25) is 0 Å². The van der Waals surface area contributed by atoms with E-state index in [1.54, 1.807) is 13.2 Å². The fourth-order valence-electron chi connectivity index (χ4n) is 1.86. The summed E-state index contributed by atoms with van der Waals surface area (Å²) in [6.45, 7) is 0. The van der Waals surface area contributed by atoms with E-state index in [0.717, 1.165) is 5.56 Å². The number of hydrogen-bond acceptors (Lipinski definition) is 3. The normalized spacial score (nSPS) is 13.8. The molecule has 2 aromatic carbocycles. The molecule has 2 rings (SSSR count). The summed E-state index contributed by atoms with van der Waals surface area (Å²) in [4.78, 5) is 0.691. The minimum absolute atomic E-state index is 0.244. The van der Waals surface area contributed by atoms with Gasteiger partial charge in [0, 0.05) is 11.8 Å². The standard InChI is InChI=1S/C15H17NO2S/c1-18-14-9-5-6-10-15(14)19(17)11-13(16)12-7-3-2-4-8-12/h2-10,13H,11,16H2,1H3. The smallest absolute Gasteiger partial charge is 0.134 e. The minimum atomic E-state index is -1.18. The molecule has 0 saturated heterocycles. The Kier molecular flexibility index (Phi) is 4.71. The predicted octanol–water partition coefficient (Wildman–Crippen LogP) is 2.50. The summed E-state index contributed by atoms with van der Waals surface area (Å²) in [5, 5.41) is 0. The van der Waals surface area contributed by atoms with E-state index < -0.39 is 10.8 Å². The molecule has 0 saturated carbocycles. The van der Waals surface area contributed by atoms with Crippen molar-refractivity contribution < 1.29 is 8.95 Å². The van der Waals surface area contributed by atoms with Crippen LogP contribution in [0.3, 0.4) is 0 Å². The van der Waals surface area contributed by atoms with Crippen molar-refractivity contribution in [2.45, 2.75) is 10.9 Å². The lowest BCUT2D eigenvalue weighted by molar-refractivity contribution is 0.404. The molecule has 2 atom stereocenters. The Morgan fingerprint density at radius 1 is 1.11 bits per heavy atom. The van der Waals surface area contributed by atoms with E-state index in [9.17, 15) is 4.21 Å². The maximum atomic E-state index is 12.4. The van der Waals surface area contributed by atoms with Crippen molar-refractivity contribution in [3.8, 4) is 5.75 Å². The molecule has 0 bridgehead atoms. The van der Waals surface area contributed by atoms with Crippen molar-refractivity contribution in [3.63, 3.8) is 0 Å². The highest BCUT2D eigenvalue weighted by Crippen LogP contribution is 2.23. The van der Waals surface area contributed by atoms with Crippen LogP contribution in [-0.4, -0.2) is 17.1 Å². The van der Waals surface area contributed by atoms with E-state index in [0.29, 0.717) is 16.4 Å². The Hall–Kier alpha value is -1.65. The van der Waals surface area contributed by atoms with Crippen molar-refractivity contribution in [2.75, 3.05) is 12.9 Å². The minimum Gasteiger partial charge on any atom is -0.495 e. The first kappa shape index (κ1) is 13.8. The van der Waals surface area contributed by atoms with Crippen LogP contribution in [0.15, 0.2) is 59.5 Å². The average Bonchev–Trinajstić information content (AvgIpc) is 2.48. The van der Waals surface area contributed by atoms with Crippen LogP contribution < -0.4 is 10.5 Å². The van der Waals surface area contributed by atoms with Crippen molar-refractivity contribution in [1.82, 2.24) is 0 Å². The van der Waals surface area contributed by atoms with Gasteiger partial charge in [-0.25, -0.2) is 0 Å². The summed E-state index contributed by atoms with van der Waals surface area (Å²) >= 11 is 0. The molecule has 4 heteroatoms. The molecule has 100 valence electrons. The third-order valence-corrected chi connectivity index (χ3v) is 4.36. The van der Waals surface area contributed by atoms with Crippen LogP contribution in [0.4, 0.5) is 0 Å². The highest BCUT2D eigenvalue weighted by molar-refractivity contribution is 7.85. The first-order valence-corrected chi connectivity index (χ1v) is 7.36. The number of hydrogen-bond donors (Lipinski definition) is 1. The summed E-state index contributed by atoms with van der Waals surface area (Å²) in [7, 11) is 0.401. The van der Waals surface area contributed by atoms with Crippen molar-refractivity contribution in [1.29, 1.82) is 0 Å². The molecule has 3 nitrogen and oxygen atoms in total. The monoisotopic (exact) mass is 275 g/mol. The first-order valence-electron chi connectivity index (χ1n) is 6.04. The van der Waals surface area contributed by atoms with Gasteiger partial charge in [-0.15, -0.1) is 0 Å². The second-order valence-corrected chi connectivity index (χ2v) is 5.64. The zero-order valence-corrected chi connectivity index (χ0v) is 11.6. The zero-order valence-electron chi connectivity index (χ0n) is 10.8. The molecule has 0 aliphatic heterocycles. The van der Waals surface area contributed by atoms with Gasteiger partial charge in [0.1, 0.15) is 5.75 Å². The van der Waals surface area contributed by atoms with Crippen LogP contribution in [-0.2, 0) is 10.8 Å². The van der Waals surface area contributed by atoms with Crippen LogP contribution in [0.5, 0.6) is 5.75 Å². The predicted molar refractivity (Wildman–Crippen MR) is 77.6 cm³/mol. The lowest BCUT2D eigenvalue weighted by atomic mass is 10.1. The molecular formula is C15H17NO2S. The van der Waals surface area contributed by atoms with E-state index in [4.69, 9.17) is 10.5 Å². The quantitative estimate of drug-likeness (QED) is 0.912. The van der Waals surface area contributed by atoms with Gasteiger partial charge in [0.25, 0.3) is 0 Å². The largest absolute Gasteiger partial charge is 0.495 e. The van der Waals surface area contributed by atoms with Gasteiger partial charge in [-0.2, -0.15) is 0 Å². The molecule has 0 fully saturated rings. The Bertz CT molecular complexity index is 557. The van der Waals surface area contributed by atoms with Gasteiger partial charge in [-0.05, 0) is 17.7 Å². The Morgan fingerprint density at radius 2 is 1.74 bits per heavy atom. The SMILES string of the molecule is COc1ccccc1S(=O)CC(N)c1ccccc1. The van der Waals surface area contributed by atoms with E-state index >= 15 is 0 Å². The molecule has 0 amide bonds. The maximum absolute atomic E-state index is 12.4. The van der Waals surface area contributed by atoms with Crippen LogP contribution in [0, 0.1) is 0 Å². The number of ether oxygens (including phenoxy) is 1. The number of methoxy groups -OCH3 is 1. The van der Waals surface area contributed by atoms with E-state index in [2.05, 4.69) is 0 Å². The molecule has 2 unspecified atom stereocenters. The van der Waals surface area contributed by atoms with Crippen LogP contribution in [0.25, 0.3) is 0 Å². The van der Waals surface area contributed by atoms with Gasteiger partial charge < -0.3 is 10.5 Å². The third-order valence-electron chi connectivity index (χ3n) is 2.87. The summed E-state index contributed by atoms with van der Waals surface area (Å²) in [5.41, 5.74) is 7.08. The lowest BCUT2D eigenvalue weighted by Crippen LogP contribution is -2.18. The van der Waals surface area contributed by atoms with E-state index in [-0.39, 0.29) is 6.04 Å². The number of nitrogens with two attached hydrogens (primary N) is 1. The molecule has 0 heterocycles. The fourth-order valence-corrected chi connectivity index (χ4v) is 3.16. The second kappa shape index (κ2) is 6.50. The molecule has 0 aliphatic rings. The van der Waals surface area contributed by atoms with Gasteiger partial charge in [0.05, 0.1) is 22.8 Å². The molecule has 0 aliphatic carbocycles. The van der Waals surface area contributed by atoms with Gasteiger partial charge in [-0.3, -0.25) is 4.21 Å². The van der Waals surface area contributed by atoms with Gasteiger partial charge >= 0.3 is 0 Å². The summed E-state index contributed by atoms with van der Waals surface area (Å²) in [6.07, 6.45) is 0. The van der Waals surface area contributed by atoms with Gasteiger partial charge in [-0.1, -0.05) is 42.5 Å². The van der Waals surface area contributed by atoms with Gasteiger partial charge in [0.15, 0.2) is 0 Å². The molecule has 0 aromatic heterocycles. The molecule has 0 radical (unpaired) electrons. The van der Waals surface area contributed by atoms with E-state index in [1.807, 2.05) is 48.5 Å². The first-order chi connectivity index (χ1) is 9.22. The average molecular weight is 275 g/mol. The third kappa shape index (κ3) is 3.43. The summed E-state index contributed by atoms with van der Waals surface area (Å²) in [6, 6.07) is 16.8. The molecule has 2 aromatic rings. The topological polar surface area (TPSA) is 52.3 Å². The molecule has 19 heavy (non-hydrogen) atoms. The summed E-state index contributed by atoms with van der Waals surface area (Å²) in [5.74, 6) is 1.02.